The summed E-state index contributed by atoms with van der Waals surface area (Å²) in [6.45, 7) is 0. The summed E-state index contributed by atoms with van der Waals surface area (Å²) < 4.78 is 5.28. The molecule has 0 aliphatic heterocycles. The maximum absolute atomic E-state index is 11.0. The lowest BCUT2D eigenvalue weighted by Crippen LogP contribution is -2.01. The van der Waals surface area contributed by atoms with Gasteiger partial charge in [0.1, 0.15) is 5.75 Å². The van der Waals surface area contributed by atoms with Crippen molar-refractivity contribution in [3.63, 3.8) is 0 Å². The third kappa shape index (κ3) is 3.35. The number of benzene rings is 2. The lowest BCUT2D eigenvalue weighted by Gasteiger charge is -2.09. The van der Waals surface area contributed by atoms with Gasteiger partial charge in [-0.3, -0.25) is 0 Å². The molecule has 3 nitrogen and oxygen atoms in total. The molecule has 2 aromatic rings. The van der Waals surface area contributed by atoms with E-state index in [9.17, 15) is 4.79 Å². The lowest BCUT2D eigenvalue weighted by atomic mass is 10.0. The molecule has 0 aromatic heterocycles. The zero-order valence-corrected chi connectivity index (χ0v) is 10.8. The van der Waals surface area contributed by atoms with Crippen LogP contribution in [0.3, 0.4) is 0 Å². The molecule has 98 valence electrons. The number of aryl methyl sites for hydroxylation is 2. The Balaban J connectivity index is 2.18. The molecule has 3 heteroatoms. The van der Waals surface area contributed by atoms with Crippen molar-refractivity contribution in [1.82, 2.24) is 0 Å². The molecule has 2 rings (SSSR count). The van der Waals surface area contributed by atoms with E-state index in [2.05, 4.69) is 12.1 Å². The van der Waals surface area contributed by atoms with E-state index in [1.807, 2.05) is 18.2 Å². The Labute approximate surface area is 112 Å². The average Bonchev–Trinajstić information content (AvgIpc) is 2.45. The van der Waals surface area contributed by atoms with E-state index in [0.717, 1.165) is 24.2 Å². The first kappa shape index (κ1) is 13.1. The fourth-order valence-corrected chi connectivity index (χ4v) is 2.03. The van der Waals surface area contributed by atoms with E-state index in [-0.39, 0.29) is 0 Å². The van der Waals surface area contributed by atoms with Crippen LogP contribution < -0.4 is 4.74 Å². The van der Waals surface area contributed by atoms with Crippen LogP contribution in [0.5, 0.6) is 5.75 Å². The normalized spacial score (nSPS) is 10.2. The summed E-state index contributed by atoms with van der Waals surface area (Å²) in [6.07, 6.45) is 1.62. The molecule has 0 aliphatic rings. The smallest absolute Gasteiger partial charge is 0.335 e. The molecular weight excluding hydrogens is 240 g/mol. The Hall–Kier alpha value is -2.29. The van der Waals surface area contributed by atoms with Crippen molar-refractivity contribution in [2.24, 2.45) is 0 Å². The van der Waals surface area contributed by atoms with Crippen LogP contribution in [-0.2, 0) is 12.8 Å². The third-order valence-electron chi connectivity index (χ3n) is 3.05. The highest BCUT2D eigenvalue weighted by Gasteiger charge is 2.09. The van der Waals surface area contributed by atoms with Gasteiger partial charge in [-0.15, -0.1) is 0 Å². The van der Waals surface area contributed by atoms with E-state index in [1.54, 1.807) is 25.3 Å². The van der Waals surface area contributed by atoms with Crippen molar-refractivity contribution in [2.75, 3.05) is 7.11 Å². The van der Waals surface area contributed by atoms with E-state index < -0.39 is 5.97 Å². The number of hydrogen-bond donors (Lipinski definition) is 1. The van der Waals surface area contributed by atoms with E-state index in [4.69, 9.17) is 9.84 Å². The largest absolute Gasteiger partial charge is 0.496 e. The van der Waals surface area contributed by atoms with Crippen LogP contribution in [0.25, 0.3) is 0 Å². The monoisotopic (exact) mass is 256 g/mol. The van der Waals surface area contributed by atoms with Crippen LogP contribution in [0.4, 0.5) is 0 Å². The number of aromatic carboxylic acids is 1. The van der Waals surface area contributed by atoms with Crippen molar-refractivity contribution >= 4 is 5.97 Å². The average molecular weight is 256 g/mol. The van der Waals surface area contributed by atoms with Crippen LogP contribution in [0.2, 0.25) is 0 Å². The Kier molecular flexibility index (Phi) is 4.18. The summed E-state index contributed by atoms with van der Waals surface area (Å²) in [5, 5.41) is 9.02. The number of ether oxygens (including phenoxy) is 1. The molecule has 0 fully saturated rings. The molecule has 2 aromatic carbocycles. The Bertz CT molecular complexity index is 561. The number of carbonyl (C=O) groups is 1. The molecule has 19 heavy (non-hydrogen) atoms. The summed E-state index contributed by atoms with van der Waals surface area (Å²) in [5.41, 5.74) is 2.44. The summed E-state index contributed by atoms with van der Waals surface area (Å²) in [4.78, 5) is 11.0. The highest BCUT2D eigenvalue weighted by Crippen LogP contribution is 2.21. The molecule has 0 heterocycles. The molecule has 0 aliphatic carbocycles. The van der Waals surface area contributed by atoms with Gasteiger partial charge >= 0.3 is 5.97 Å². The molecule has 1 N–H and O–H groups in total. The zero-order valence-electron chi connectivity index (χ0n) is 10.8. The SMILES string of the molecule is COc1ccc(C(=O)O)cc1CCc1ccccc1. The van der Waals surface area contributed by atoms with Crippen molar-refractivity contribution in [1.29, 1.82) is 0 Å². The number of hydrogen-bond acceptors (Lipinski definition) is 2. The highest BCUT2D eigenvalue weighted by molar-refractivity contribution is 5.88. The molecular formula is C16H16O3. The van der Waals surface area contributed by atoms with Gasteiger partial charge in [-0.2, -0.15) is 0 Å². The standard InChI is InChI=1S/C16H16O3/c1-19-15-10-9-14(16(17)18)11-13(15)8-7-12-5-3-2-4-6-12/h2-6,9-11H,7-8H2,1H3,(H,17,18). The second kappa shape index (κ2) is 6.05. The summed E-state index contributed by atoms with van der Waals surface area (Å²) in [5.74, 6) is -0.176. The molecule has 0 atom stereocenters. The molecule has 0 radical (unpaired) electrons. The van der Waals surface area contributed by atoms with Crippen LogP contribution >= 0.6 is 0 Å². The quantitative estimate of drug-likeness (QED) is 0.893. The number of carboxylic acids is 1. The molecule has 0 unspecified atom stereocenters. The first-order chi connectivity index (χ1) is 9.20. The van der Waals surface area contributed by atoms with Crippen LogP contribution in [0.1, 0.15) is 21.5 Å². The summed E-state index contributed by atoms with van der Waals surface area (Å²) in [7, 11) is 1.60. The number of methoxy groups -OCH3 is 1. The van der Waals surface area contributed by atoms with Crippen molar-refractivity contribution in [2.45, 2.75) is 12.8 Å². The van der Waals surface area contributed by atoms with Gasteiger partial charge in [0.25, 0.3) is 0 Å². The van der Waals surface area contributed by atoms with Crippen molar-refractivity contribution in [3.05, 3.63) is 65.2 Å². The van der Waals surface area contributed by atoms with Crippen LogP contribution in [-0.4, -0.2) is 18.2 Å². The van der Waals surface area contributed by atoms with Crippen LogP contribution in [0, 0.1) is 0 Å². The fourth-order valence-electron chi connectivity index (χ4n) is 2.03. The molecule has 0 amide bonds. The van der Waals surface area contributed by atoms with Gasteiger partial charge in [0, 0.05) is 0 Å². The number of carboxylic acid groups (broad SMARTS) is 1. The third-order valence-corrected chi connectivity index (χ3v) is 3.05. The molecule has 0 spiro atoms. The first-order valence-electron chi connectivity index (χ1n) is 6.15. The van der Waals surface area contributed by atoms with Gasteiger partial charge in [-0.05, 0) is 42.2 Å². The minimum atomic E-state index is -0.913. The molecule has 0 bridgehead atoms. The minimum absolute atomic E-state index is 0.295. The fraction of sp³-hybridized carbons (Fsp3) is 0.188. The van der Waals surface area contributed by atoms with Gasteiger partial charge in [0.2, 0.25) is 0 Å². The Morgan fingerprint density at radius 3 is 2.47 bits per heavy atom. The predicted molar refractivity (Wildman–Crippen MR) is 73.8 cm³/mol. The van der Waals surface area contributed by atoms with Gasteiger partial charge in [0.15, 0.2) is 0 Å². The van der Waals surface area contributed by atoms with Gasteiger partial charge in [0.05, 0.1) is 12.7 Å². The van der Waals surface area contributed by atoms with Gasteiger partial charge in [-0.1, -0.05) is 30.3 Å². The number of rotatable bonds is 5. The maximum atomic E-state index is 11.0. The van der Waals surface area contributed by atoms with E-state index in [0.29, 0.717) is 5.56 Å². The highest BCUT2D eigenvalue weighted by atomic mass is 16.5. The van der Waals surface area contributed by atoms with Crippen molar-refractivity contribution < 1.29 is 14.6 Å². The van der Waals surface area contributed by atoms with Gasteiger partial charge < -0.3 is 9.84 Å². The maximum Gasteiger partial charge on any atom is 0.335 e. The topological polar surface area (TPSA) is 46.5 Å². The Morgan fingerprint density at radius 1 is 1.11 bits per heavy atom. The first-order valence-corrected chi connectivity index (χ1v) is 6.15. The van der Waals surface area contributed by atoms with Crippen LogP contribution in [0.15, 0.2) is 48.5 Å². The summed E-state index contributed by atoms with van der Waals surface area (Å²) >= 11 is 0. The van der Waals surface area contributed by atoms with Gasteiger partial charge in [-0.25, -0.2) is 4.79 Å². The Morgan fingerprint density at radius 2 is 1.84 bits per heavy atom. The molecule has 0 saturated heterocycles. The predicted octanol–water partition coefficient (Wildman–Crippen LogP) is 3.18. The molecule has 0 saturated carbocycles. The lowest BCUT2D eigenvalue weighted by molar-refractivity contribution is 0.0696. The minimum Gasteiger partial charge on any atom is -0.496 e. The zero-order chi connectivity index (χ0) is 13.7. The second-order valence-electron chi connectivity index (χ2n) is 4.32. The van der Waals surface area contributed by atoms with E-state index >= 15 is 0 Å². The van der Waals surface area contributed by atoms with E-state index in [1.165, 1.54) is 5.56 Å². The second-order valence-corrected chi connectivity index (χ2v) is 4.32. The summed E-state index contributed by atoms with van der Waals surface area (Å²) in [6, 6.07) is 15.1. The van der Waals surface area contributed by atoms with Crippen molar-refractivity contribution in [3.8, 4) is 5.75 Å².